The smallest absolute Gasteiger partial charge is 0.238 e. The van der Waals surface area contributed by atoms with Gasteiger partial charge in [0, 0.05) is 23.4 Å². The Labute approximate surface area is 111 Å². The van der Waals surface area contributed by atoms with E-state index < -0.39 is 0 Å². The Balaban J connectivity index is 2.03. The summed E-state index contributed by atoms with van der Waals surface area (Å²) in [5.41, 5.74) is 8.67. The first-order valence-corrected chi connectivity index (χ1v) is 6.78. The first-order chi connectivity index (χ1) is 8.72. The highest BCUT2D eigenvalue weighted by Crippen LogP contribution is 2.20. The molecule has 4 nitrogen and oxygen atoms in total. The quantitative estimate of drug-likeness (QED) is 0.898. The van der Waals surface area contributed by atoms with Crippen molar-refractivity contribution in [2.24, 2.45) is 5.73 Å². The van der Waals surface area contributed by atoms with Crippen LogP contribution in [0, 0.1) is 13.8 Å². The van der Waals surface area contributed by atoms with E-state index in [-0.39, 0.29) is 0 Å². The minimum atomic E-state index is 0.427. The summed E-state index contributed by atoms with van der Waals surface area (Å²) < 4.78 is 5.69. The van der Waals surface area contributed by atoms with Crippen molar-refractivity contribution in [2.75, 3.05) is 6.61 Å². The lowest BCUT2D eigenvalue weighted by atomic mass is 10.1. The van der Waals surface area contributed by atoms with Crippen LogP contribution in [0.3, 0.4) is 0 Å². The number of hydrogen-bond donors (Lipinski definition) is 1. The number of aromatic nitrogens is 2. The maximum Gasteiger partial charge on any atom is 0.238 e. The highest BCUT2D eigenvalue weighted by molar-refractivity contribution is 7.09. The molecule has 2 aromatic rings. The molecule has 96 valence electrons. The van der Waals surface area contributed by atoms with Gasteiger partial charge in [0.25, 0.3) is 0 Å². The van der Waals surface area contributed by atoms with Crippen LogP contribution in [0.4, 0.5) is 0 Å². The molecule has 0 unspecified atom stereocenters. The second kappa shape index (κ2) is 5.93. The summed E-state index contributed by atoms with van der Waals surface area (Å²) in [6.07, 6.45) is 0.885. The van der Waals surface area contributed by atoms with Gasteiger partial charge in [-0.3, -0.25) is 0 Å². The summed E-state index contributed by atoms with van der Waals surface area (Å²) in [6.45, 7) is 4.95. The van der Waals surface area contributed by atoms with Gasteiger partial charge >= 0.3 is 0 Å². The van der Waals surface area contributed by atoms with Crippen LogP contribution in [-0.4, -0.2) is 16.8 Å². The SMILES string of the molecule is Cc1nnc(OCCc2cccs2)c(CN)c1C. The number of rotatable bonds is 5. The van der Waals surface area contributed by atoms with Gasteiger partial charge in [-0.2, -0.15) is 5.10 Å². The number of aryl methyl sites for hydroxylation is 1. The molecule has 0 spiro atoms. The van der Waals surface area contributed by atoms with Crippen LogP contribution in [0.5, 0.6) is 5.88 Å². The molecule has 0 aliphatic heterocycles. The van der Waals surface area contributed by atoms with Gasteiger partial charge in [-0.15, -0.1) is 16.4 Å². The molecule has 0 bridgehead atoms. The van der Waals surface area contributed by atoms with Crippen LogP contribution in [0.25, 0.3) is 0 Å². The van der Waals surface area contributed by atoms with Crippen LogP contribution in [-0.2, 0) is 13.0 Å². The molecule has 0 atom stereocenters. The van der Waals surface area contributed by atoms with Crippen molar-refractivity contribution in [2.45, 2.75) is 26.8 Å². The van der Waals surface area contributed by atoms with Gasteiger partial charge in [0.15, 0.2) is 0 Å². The van der Waals surface area contributed by atoms with Crippen LogP contribution < -0.4 is 10.5 Å². The third-order valence-corrected chi connectivity index (χ3v) is 3.85. The second-order valence-electron chi connectivity index (χ2n) is 4.08. The highest BCUT2D eigenvalue weighted by Gasteiger charge is 2.10. The normalized spacial score (nSPS) is 10.6. The van der Waals surface area contributed by atoms with Crippen molar-refractivity contribution in [3.8, 4) is 5.88 Å². The van der Waals surface area contributed by atoms with Crippen LogP contribution in [0.1, 0.15) is 21.7 Å². The third kappa shape index (κ3) is 2.86. The van der Waals surface area contributed by atoms with Crippen molar-refractivity contribution in [1.29, 1.82) is 0 Å². The third-order valence-electron chi connectivity index (χ3n) is 2.92. The number of hydrogen-bond acceptors (Lipinski definition) is 5. The zero-order valence-electron chi connectivity index (χ0n) is 10.6. The minimum absolute atomic E-state index is 0.427. The molecule has 0 aliphatic carbocycles. The van der Waals surface area contributed by atoms with E-state index >= 15 is 0 Å². The minimum Gasteiger partial charge on any atom is -0.476 e. The molecule has 0 radical (unpaired) electrons. The average molecular weight is 263 g/mol. The van der Waals surface area contributed by atoms with Crippen LogP contribution in [0.15, 0.2) is 17.5 Å². The molecule has 0 amide bonds. The molecular formula is C13H17N3OS. The van der Waals surface area contributed by atoms with Gasteiger partial charge in [0.05, 0.1) is 12.3 Å². The summed E-state index contributed by atoms with van der Waals surface area (Å²) in [6, 6.07) is 4.14. The molecule has 0 saturated carbocycles. The van der Waals surface area contributed by atoms with Crippen molar-refractivity contribution >= 4 is 11.3 Å². The molecule has 5 heteroatoms. The lowest BCUT2D eigenvalue weighted by molar-refractivity contribution is 0.302. The highest BCUT2D eigenvalue weighted by atomic mass is 32.1. The van der Waals surface area contributed by atoms with Gasteiger partial charge in [0.2, 0.25) is 5.88 Å². The molecule has 0 fully saturated rings. The summed E-state index contributed by atoms with van der Waals surface area (Å²) in [5.74, 6) is 0.567. The largest absolute Gasteiger partial charge is 0.476 e. The summed E-state index contributed by atoms with van der Waals surface area (Å²) >= 11 is 1.73. The first-order valence-electron chi connectivity index (χ1n) is 5.90. The van der Waals surface area contributed by atoms with E-state index in [4.69, 9.17) is 10.5 Å². The number of nitrogens with two attached hydrogens (primary N) is 1. The molecule has 2 heterocycles. The van der Waals surface area contributed by atoms with Crippen LogP contribution in [0.2, 0.25) is 0 Å². The summed E-state index contributed by atoms with van der Waals surface area (Å²) in [7, 11) is 0. The average Bonchev–Trinajstić information content (AvgIpc) is 2.87. The molecule has 18 heavy (non-hydrogen) atoms. The van der Waals surface area contributed by atoms with Gasteiger partial charge in [-0.1, -0.05) is 6.07 Å². The van der Waals surface area contributed by atoms with Crippen LogP contribution >= 0.6 is 11.3 Å². The maximum atomic E-state index is 5.74. The number of ether oxygens (including phenoxy) is 1. The van der Waals surface area contributed by atoms with Crippen molar-refractivity contribution in [3.05, 3.63) is 39.2 Å². The van der Waals surface area contributed by atoms with E-state index in [0.717, 1.165) is 23.2 Å². The molecule has 0 saturated heterocycles. The second-order valence-corrected chi connectivity index (χ2v) is 5.11. The Kier molecular flexibility index (Phi) is 4.28. The van der Waals surface area contributed by atoms with Crippen molar-refractivity contribution < 1.29 is 4.74 Å². The predicted octanol–water partition coefficient (Wildman–Crippen LogP) is 2.24. The van der Waals surface area contributed by atoms with E-state index in [1.54, 1.807) is 11.3 Å². The summed E-state index contributed by atoms with van der Waals surface area (Å²) in [5, 5.41) is 10.2. The fraction of sp³-hybridized carbons (Fsp3) is 0.385. The lowest BCUT2D eigenvalue weighted by Gasteiger charge is -2.11. The maximum absolute atomic E-state index is 5.74. The molecule has 2 N–H and O–H groups in total. The van der Waals surface area contributed by atoms with E-state index in [9.17, 15) is 0 Å². The summed E-state index contributed by atoms with van der Waals surface area (Å²) in [4.78, 5) is 1.31. The number of nitrogens with zero attached hydrogens (tertiary/aromatic N) is 2. The Morgan fingerprint density at radius 3 is 2.83 bits per heavy atom. The van der Waals surface area contributed by atoms with E-state index in [0.29, 0.717) is 19.0 Å². The number of thiophene rings is 1. The Morgan fingerprint density at radius 2 is 2.17 bits per heavy atom. The Hall–Kier alpha value is -1.46. The van der Waals surface area contributed by atoms with Gasteiger partial charge in [-0.25, -0.2) is 0 Å². The van der Waals surface area contributed by atoms with Gasteiger partial charge < -0.3 is 10.5 Å². The monoisotopic (exact) mass is 263 g/mol. The van der Waals surface area contributed by atoms with Gasteiger partial charge in [0.1, 0.15) is 0 Å². The Bertz CT molecular complexity index is 511. The fourth-order valence-corrected chi connectivity index (χ4v) is 2.38. The van der Waals surface area contributed by atoms with Crippen molar-refractivity contribution in [1.82, 2.24) is 10.2 Å². The molecular weight excluding hydrogens is 246 g/mol. The lowest BCUT2D eigenvalue weighted by Crippen LogP contribution is -2.11. The first kappa shape index (κ1) is 13.0. The standard InChI is InChI=1S/C13H17N3OS/c1-9-10(2)15-16-13(12(9)8-14)17-6-5-11-4-3-7-18-11/h3-4,7H,5-6,8,14H2,1-2H3. The molecule has 0 aromatic carbocycles. The Morgan fingerprint density at radius 1 is 1.33 bits per heavy atom. The fourth-order valence-electron chi connectivity index (χ4n) is 1.69. The zero-order valence-corrected chi connectivity index (χ0v) is 11.5. The van der Waals surface area contributed by atoms with E-state index in [2.05, 4.69) is 21.6 Å². The van der Waals surface area contributed by atoms with E-state index in [1.165, 1.54) is 4.88 Å². The van der Waals surface area contributed by atoms with Gasteiger partial charge in [-0.05, 0) is 30.9 Å². The van der Waals surface area contributed by atoms with Crippen molar-refractivity contribution in [3.63, 3.8) is 0 Å². The molecule has 0 aliphatic rings. The topological polar surface area (TPSA) is 61.0 Å². The van der Waals surface area contributed by atoms with E-state index in [1.807, 2.05) is 19.9 Å². The zero-order chi connectivity index (χ0) is 13.0. The molecule has 2 aromatic heterocycles. The predicted molar refractivity (Wildman–Crippen MR) is 72.9 cm³/mol. The molecule has 2 rings (SSSR count).